The molecule has 7 heteroatoms. The van der Waals surface area contributed by atoms with E-state index in [-0.39, 0.29) is 15.6 Å². The van der Waals surface area contributed by atoms with Crippen LogP contribution in [0, 0.1) is 12.7 Å². The van der Waals surface area contributed by atoms with Crippen molar-refractivity contribution in [3.63, 3.8) is 0 Å². The van der Waals surface area contributed by atoms with E-state index in [0.29, 0.717) is 0 Å². The molecule has 2 aromatic carbocycles. The van der Waals surface area contributed by atoms with Gasteiger partial charge in [-0.2, -0.15) is 0 Å². The van der Waals surface area contributed by atoms with Crippen molar-refractivity contribution in [1.29, 1.82) is 0 Å². The molecule has 0 aliphatic heterocycles. The van der Waals surface area contributed by atoms with Gasteiger partial charge in [0.25, 0.3) is 10.0 Å². The highest BCUT2D eigenvalue weighted by Crippen LogP contribution is 2.28. The number of nitrogens with two attached hydrogens (primary N) is 1. The van der Waals surface area contributed by atoms with Crippen molar-refractivity contribution in [2.75, 3.05) is 10.5 Å². The van der Waals surface area contributed by atoms with Crippen LogP contribution in [0.25, 0.3) is 0 Å². The molecule has 0 bridgehead atoms. The van der Waals surface area contributed by atoms with E-state index in [0.717, 1.165) is 11.6 Å². The van der Waals surface area contributed by atoms with Gasteiger partial charge >= 0.3 is 0 Å². The Labute approximate surface area is 121 Å². The maximum Gasteiger partial charge on any atom is 0.264 e. The lowest BCUT2D eigenvalue weighted by molar-refractivity contribution is 0.597. The van der Waals surface area contributed by atoms with Gasteiger partial charge in [0, 0.05) is 0 Å². The molecular formula is C13H12ClFN2O2S. The van der Waals surface area contributed by atoms with Crippen LogP contribution in [-0.2, 0) is 10.0 Å². The van der Waals surface area contributed by atoms with E-state index in [2.05, 4.69) is 4.72 Å². The summed E-state index contributed by atoms with van der Waals surface area (Å²) in [5.41, 5.74) is 6.09. The maximum absolute atomic E-state index is 13.3. The number of nitrogens with one attached hydrogen (secondary N) is 1. The normalized spacial score (nSPS) is 11.3. The van der Waals surface area contributed by atoms with Crippen molar-refractivity contribution in [1.82, 2.24) is 0 Å². The van der Waals surface area contributed by atoms with E-state index in [4.69, 9.17) is 17.3 Å². The van der Waals surface area contributed by atoms with Gasteiger partial charge in [0.15, 0.2) is 0 Å². The van der Waals surface area contributed by atoms with Gasteiger partial charge in [-0.15, -0.1) is 0 Å². The van der Waals surface area contributed by atoms with Crippen LogP contribution in [0.2, 0.25) is 5.02 Å². The van der Waals surface area contributed by atoms with Gasteiger partial charge in [0.05, 0.1) is 16.4 Å². The second kappa shape index (κ2) is 5.30. The molecule has 0 spiro atoms. The van der Waals surface area contributed by atoms with Crippen LogP contribution in [0.5, 0.6) is 0 Å². The highest BCUT2D eigenvalue weighted by atomic mass is 35.5. The molecule has 0 fully saturated rings. The van der Waals surface area contributed by atoms with Crippen molar-refractivity contribution in [3.05, 3.63) is 52.8 Å². The third kappa shape index (κ3) is 2.86. The lowest BCUT2D eigenvalue weighted by Crippen LogP contribution is -2.15. The fourth-order valence-electron chi connectivity index (χ4n) is 1.67. The van der Waals surface area contributed by atoms with Gasteiger partial charge in [0.1, 0.15) is 10.7 Å². The second-order valence-electron chi connectivity index (χ2n) is 4.24. The molecule has 0 heterocycles. The largest absolute Gasteiger partial charge is 0.395 e. The summed E-state index contributed by atoms with van der Waals surface area (Å²) in [6, 6.07) is 8.49. The summed E-state index contributed by atoms with van der Waals surface area (Å²) >= 11 is 5.93. The van der Waals surface area contributed by atoms with Gasteiger partial charge in [-0.3, -0.25) is 4.72 Å². The second-order valence-corrected chi connectivity index (χ2v) is 6.30. The lowest BCUT2D eigenvalue weighted by atomic mass is 10.2. The molecule has 20 heavy (non-hydrogen) atoms. The monoisotopic (exact) mass is 314 g/mol. The molecular weight excluding hydrogens is 303 g/mol. The molecule has 106 valence electrons. The number of anilines is 2. The highest BCUT2D eigenvalue weighted by molar-refractivity contribution is 7.92. The van der Waals surface area contributed by atoms with Crippen LogP contribution in [0.1, 0.15) is 5.56 Å². The number of sulfonamides is 1. The molecule has 0 saturated carbocycles. The SMILES string of the molecule is Cc1ccc(Cl)c(NS(=O)(=O)c2cccc(F)c2N)c1. The molecule has 0 saturated heterocycles. The molecule has 0 radical (unpaired) electrons. The Balaban J connectivity index is 2.46. The zero-order valence-electron chi connectivity index (χ0n) is 10.5. The minimum absolute atomic E-state index is 0.218. The van der Waals surface area contributed by atoms with Crippen LogP contribution < -0.4 is 10.5 Å². The Morgan fingerprint density at radius 2 is 1.95 bits per heavy atom. The Morgan fingerprint density at radius 3 is 2.65 bits per heavy atom. The number of para-hydroxylation sites is 1. The van der Waals surface area contributed by atoms with Gasteiger partial charge in [-0.25, -0.2) is 12.8 Å². The molecule has 4 nitrogen and oxygen atoms in total. The first kappa shape index (κ1) is 14.6. The summed E-state index contributed by atoms with van der Waals surface area (Å²) in [4.78, 5) is -0.324. The van der Waals surface area contributed by atoms with Crippen LogP contribution in [-0.4, -0.2) is 8.42 Å². The van der Waals surface area contributed by atoms with Crippen LogP contribution >= 0.6 is 11.6 Å². The number of rotatable bonds is 3. The average Bonchev–Trinajstić information content (AvgIpc) is 2.36. The summed E-state index contributed by atoms with van der Waals surface area (Å²) in [5, 5.41) is 0.245. The number of benzene rings is 2. The van der Waals surface area contributed by atoms with E-state index < -0.39 is 21.5 Å². The highest BCUT2D eigenvalue weighted by Gasteiger charge is 2.20. The van der Waals surface area contributed by atoms with Crippen molar-refractivity contribution in [2.24, 2.45) is 0 Å². The van der Waals surface area contributed by atoms with Crippen molar-refractivity contribution in [3.8, 4) is 0 Å². The molecule has 0 atom stereocenters. The molecule has 3 N–H and O–H groups in total. The van der Waals surface area contributed by atoms with Crippen LogP contribution in [0.3, 0.4) is 0 Å². The van der Waals surface area contributed by atoms with E-state index in [1.807, 2.05) is 0 Å². The van der Waals surface area contributed by atoms with Crippen molar-refractivity contribution < 1.29 is 12.8 Å². The third-order valence-corrected chi connectivity index (χ3v) is 4.42. The minimum Gasteiger partial charge on any atom is -0.395 e. The minimum atomic E-state index is -4.01. The summed E-state index contributed by atoms with van der Waals surface area (Å²) in [6.07, 6.45) is 0. The van der Waals surface area contributed by atoms with Crippen molar-refractivity contribution >= 4 is 33.0 Å². The summed E-state index contributed by atoms with van der Waals surface area (Å²) in [7, 11) is -4.01. The molecule has 0 aromatic heterocycles. The third-order valence-electron chi connectivity index (χ3n) is 2.67. The summed E-state index contributed by atoms with van der Waals surface area (Å²) in [5.74, 6) is -0.789. The number of aryl methyl sites for hydroxylation is 1. The van der Waals surface area contributed by atoms with Crippen LogP contribution in [0.15, 0.2) is 41.3 Å². The van der Waals surface area contributed by atoms with Crippen LogP contribution in [0.4, 0.5) is 15.8 Å². The van der Waals surface area contributed by atoms with Gasteiger partial charge in [-0.05, 0) is 36.8 Å². The van der Waals surface area contributed by atoms with E-state index in [9.17, 15) is 12.8 Å². The molecule has 2 rings (SSSR count). The molecule has 0 amide bonds. The van der Waals surface area contributed by atoms with E-state index >= 15 is 0 Å². The van der Waals surface area contributed by atoms with Gasteiger partial charge in [0.2, 0.25) is 0 Å². The summed E-state index contributed by atoms with van der Waals surface area (Å²) < 4.78 is 40.1. The zero-order valence-corrected chi connectivity index (χ0v) is 12.1. The smallest absolute Gasteiger partial charge is 0.264 e. The fourth-order valence-corrected chi connectivity index (χ4v) is 3.10. The first-order chi connectivity index (χ1) is 9.31. The number of hydrogen-bond donors (Lipinski definition) is 2. The molecule has 0 aliphatic carbocycles. The number of halogens is 2. The number of nitrogen functional groups attached to an aromatic ring is 1. The first-order valence-corrected chi connectivity index (χ1v) is 7.50. The molecule has 0 aliphatic rings. The average molecular weight is 315 g/mol. The number of hydrogen-bond acceptors (Lipinski definition) is 3. The van der Waals surface area contributed by atoms with Gasteiger partial charge in [-0.1, -0.05) is 23.7 Å². The fraction of sp³-hybridized carbons (Fsp3) is 0.0769. The maximum atomic E-state index is 13.3. The predicted molar refractivity (Wildman–Crippen MR) is 77.8 cm³/mol. The van der Waals surface area contributed by atoms with E-state index in [1.165, 1.54) is 12.1 Å². The Morgan fingerprint density at radius 1 is 1.25 bits per heavy atom. The summed E-state index contributed by atoms with van der Waals surface area (Å²) in [6.45, 7) is 1.80. The first-order valence-electron chi connectivity index (χ1n) is 5.64. The standard InChI is InChI=1S/C13H12ClFN2O2S/c1-8-5-6-9(14)11(7-8)17-20(18,19)12-4-2-3-10(15)13(12)16/h2-7,17H,16H2,1H3. The molecule has 2 aromatic rings. The van der Waals surface area contributed by atoms with E-state index in [1.54, 1.807) is 25.1 Å². The molecule has 0 unspecified atom stereocenters. The zero-order chi connectivity index (χ0) is 14.9. The Hall–Kier alpha value is -1.79. The Kier molecular flexibility index (Phi) is 3.87. The van der Waals surface area contributed by atoms with Gasteiger partial charge < -0.3 is 5.73 Å². The topological polar surface area (TPSA) is 72.2 Å². The quantitative estimate of drug-likeness (QED) is 0.855. The lowest BCUT2D eigenvalue weighted by Gasteiger charge is -2.12. The van der Waals surface area contributed by atoms with Crippen molar-refractivity contribution in [2.45, 2.75) is 11.8 Å². The Bertz CT molecular complexity index is 763. The predicted octanol–water partition coefficient (Wildman–Crippen LogP) is 3.17.